The first-order valence-electron chi connectivity index (χ1n) is 3.94. The zero-order valence-electron chi connectivity index (χ0n) is 7.21. The minimum Gasteiger partial charge on any atom is -0.338 e. The van der Waals surface area contributed by atoms with Crippen LogP contribution in [0.4, 0.5) is 0 Å². The lowest BCUT2D eigenvalue weighted by Gasteiger charge is -2.37. The van der Waals surface area contributed by atoms with Gasteiger partial charge >= 0.3 is 0 Å². The van der Waals surface area contributed by atoms with Crippen LogP contribution in [0.25, 0.3) is 0 Å². The highest BCUT2D eigenvalue weighted by atomic mass is 16.2. The number of hydrogen-bond donors (Lipinski definition) is 0. The molecule has 0 aromatic rings. The van der Waals surface area contributed by atoms with Gasteiger partial charge in [0, 0.05) is 39.6 Å². The standard InChI is InChI=1S/C8H15N2O/c1-7-6-9(3)4-5-10(7)8(2)11/h7H,3-6H2,1-2H3. The summed E-state index contributed by atoms with van der Waals surface area (Å²) in [6, 6.07) is 0.318. The highest BCUT2D eigenvalue weighted by Crippen LogP contribution is 2.07. The third-order valence-corrected chi connectivity index (χ3v) is 2.12. The first-order valence-corrected chi connectivity index (χ1v) is 3.94. The number of hydrogen-bond acceptors (Lipinski definition) is 2. The molecule has 3 nitrogen and oxygen atoms in total. The molecule has 0 aromatic carbocycles. The van der Waals surface area contributed by atoms with Gasteiger partial charge in [0.15, 0.2) is 0 Å². The van der Waals surface area contributed by atoms with Crippen LogP contribution < -0.4 is 0 Å². The van der Waals surface area contributed by atoms with Gasteiger partial charge in [-0.3, -0.25) is 9.69 Å². The van der Waals surface area contributed by atoms with E-state index in [1.807, 2.05) is 9.80 Å². The van der Waals surface area contributed by atoms with E-state index in [2.05, 4.69) is 14.0 Å². The van der Waals surface area contributed by atoms with Crippen LogP contribution in [0.3, 0.4) is 0 Å². The van der Waals surface area contributed by atoms with Crippen molar-refractivity contribution >= 4 is 5.91 Å². The van der Waals surface area contributed by atoms with Crippen LogP contribution in [0.2, 0.25) is 0 Å². The predicted molar refractivity (Wildman–Crippen MR) is 43.8 cm³/mol. The number of carbonyl (C=O) groups is 1. The fourth-order valence-corrected chi connectivity index (χ4v) is 1.50. The molecule has 1 aliphatic heterocycles. The summed E-state index contributed by atoms with van der Waals surface area (Å²) >= 11 is 0. The monoisotopic (exact) mass is 155 g/mol. The summed E-state index contributed by atoms with van der Waals surface area (Å²) in [5, 5.41) is 0. The molecule has 1 rings (SSSR count). The molecule has 63 valence electrons. The Morgan fingerprint density at radius 3 is 2.64 bits per heavy atom. The molecule has 1 atom stereocenters. The third-order valence-electron chi connectivity index (χ3n) is 2.12. The highest BCUT2D eigenvalue weighted by Gasteiger charge is 2.22. The van der Waals surface area contributed by atoms with Gasteiger partial charge in [0.05, 0.1) is 0 Å². The van der Waals surface area contributed by atoms with Crippen molar-refractivity contribution in [1.82, 2.24) is 9.80 Å². The summed E-state index contributed by atoms with van der Waals surface area (Å²) in [7, 11) is 3.84. The lowest BCUT2D eigenvalue weighted by Crippen LogP contribution is -2.51. The van der Waals surface area contributed by atoms with Crippen LogP contribution in [0.5, 0.6) is 0 Å². The summed E-state index contributed by atoms with van der Waals surface area (Å²) < 4.78 is 0. The van der Waals surface area contributed by atoms with Crippen LogP contribution in [0, 0.1) is 7.05 Å². The van der Waals surface area contributed by atoms with Crippen molar-refractivity contribution in [2.45, 2.75) is 19.9 Å². The van der Waals surface area contributed by atoms with Crippen molar-refractivity contribution in [3.63, 3.8) is 0 Å². The number of carbonyl (C=O) groups excluding carboxylic acids is 1. The normalized spacial score (nSPS) is 27.2. The molecule has 0 saturated carbocycles. The molecule has 1 saturated heterocycles. The number of nitrogens with zero attached hydrogens (tertiary/aromatic N) is 2. The summed E-state index contributed by atoms with van der Waals surface area (Å²) in [6.07, 6.45) is 0. The summed E-state index contributed by atoms with van der Waals surface area (Å²) in [6.45, 7) is 6.28. The van der Waals surface area contributed by atoms with Gasteiger partial charge in [-0.25, -0.2) is 0 Å². The van der Waals surface area contributed by atoms with Gasteiger partial charge in [0.25, 0.3) is 0 Å². The van der Waals surface area contributed by atoms with Crippen molar-refractivity contribution in [1.29, 1.82) is 0 Å². The molecule has 1 radical (unpaired) electrons. The van der Waals surface area contributed by atoms with E-state index in [0.29, 0.717) is 6.04 Å². The molecule has 0 spiro atoms. The number of rotatable bonds is 0. The average Bonchev–Trinajstić information content (AvgIpc) is 1.85. The highest BCUT2D eigenvalue weighted by molar-refractivity contribution is 5.73. The van der Waals surface area contributed by atoms with Crippen molar-refractivity contribution in [3.8, 4) is 0 Å². The molecule has 1 heterocycles. The fraction of sp³-hybridized carbons (Fsp3) is 0.750. The van der Waals surface area contributed by atoms with Gasteiger partial charge in [-0.05, 0) is 6.92 Å². The SMILES string of the molecule is [CH2]N1CCN(C(C)=O)C(C)C1. The molecule has 3 heteroatoms. The minimum absolute atomic E-state index is 0.172. The third kappa shape index (κ3) is 1.93. The second kappa shape index (κ2) is 3.22. The van der Waals surface area contributed by atoms with E-state index in [1.165, 1.54) is 0 Å². The maximum Gasteiger partial charge on any atom is 0.219 e. The van der Waals surface area contributed by atoms with E-state index in [9.17, 15) is 4.79 Å². The Balaban J connectivity index is 2.50. The molecular formula is C8H15N2O. The quantitative estimate of drug-likeness (QED) is 0.503. The first kappa shape index (κ1) is 8.53. The Labute approximate surface area is 68.0 Å². The molecule has 0 bridgehead atoms. The fourth-order valence-electron chi connectivity index (χ4n) is 1.50. The van der Waals surface area contributed by atoms with E-state index < -0.39 is 0 Å². The molecule has 0 aromatic heterocycles. The Kier molecular flexibility index (Phi) is 2.49. The van der Waals surface area contributed by atoms with E-state index in [1.54, 1.807) is 6.92 Å². The minimum atomic E-state index is 0.172. The second-order valence-corrected chi connectivity index (χ2v) is 3.14. The van der Waals surface area contributed by atoms with Crippen LogP contribution in [-0.4, -0.2) is 41.4 Å². The maximum absolute atomic E-state index is 11.0. The molecular weight excluding hydrogens is 140 g/mol. The maximum atomic E-state index is 11.0. The van der Waals surface area contributed by atoms with Crippen molar-refractivity contribution in [3.05, 3.63) is 7.05 Å². The van der Waals surface area contributed by atoms with Gasteiger partial charge in [0.2, 0.25) is 5.91 Å². The van der Waals surface area contributed by atoms with Gasteiger partial charge in [-0.1, -0.05) is 0 Å². The largest absolute Gasteiger partial charge is 0.338 e. The molecule has 0 N–H and O–H groups in total. The van der Waals surface area contributed by atoms with Gasteiger partial charge in [-0.2, -0.15) is 0 Å². The van der Waals surface area contributed by atoms with E-state index in [0.717, 1.165) is 19.6 Å². The predicted octanol–water partition coefficient (Wildman–Crippen LogP) is 0.331. The van der Waals surface area contributed by atoms with Crippen molar-refractivity contribution in [2.24, 2.45) is 0 Å². The van der Waals surface area contributed by atoms with Crippen LogP contribution in [0.1, 0.15) is 13.8 Å². The molecule has 11 heavy (non-hydrogen) atoms. The Hall–Kier alpha value is -0.570. The van der Waals surface area contributed by atoms with Gasteiger partial charge in [0.1, 0.15) is 0 Å². The molecule has 1 amide bonds. The van der Waals surface area contributed by atoms with Crippen LogP contribution in [0.15, 0.2) is 0 Å². The van der Waals surface area contributed by atoms with Crippen molar-refractivity contribution in [2.75, 3.05) is 19.6 Å². The smallest absolute Gasteiger partial charge is 0.219 e. The average molecular weight is 155 g/mol. The van der Waals surface area contributed by atoms with Crippen molar-refractivity contribution < 1.29 is 4.79 Å². The zero-order chi connectivity index (χ0) is 8.43. The summed E-state index contributed by atoms with van der Waals surface area (Å²) in [4.78, 5) is 14.9. The molecule has 0 aliphatic carbocycles. The van der Waals surface area contributed by atoms with Gasteiger partial charge in [-0.15, -0.1) is 0 Å². The molecule has 1 fully saturated rings. The first-order chi connectivity index (χ1) is 5.11. The zero-order valence-corrected chi connectivity index (χ0v) is 7.21. The Bertz CT molecular complexity index is 158. The summed E-state index contributed by atoms with van der Waals surface area (Å²) in [5.74, 6) is 0.172. The van der Waals surface area contributed by atoms with Gasteiger partial charge < -0.3 is 4.90 Å². The Morgan fingerprint density at radius 1 is 1.55 bits per heavy atom. The van der Waals surface area contributed by atoms with E-state index >= 15 is 0 Å². The Morgan fingerprint density at radius 2 is 2.18 bits per heavy atom. The van der Waals surface area contributed by atoms with Crippen LogP contribution >= 0.6 is 0 Å². The van der Waals surface area contributed by atoms with E-state index in [-0.39, 0.29) is 5.91 Å². The van der Waals surface area contributed by atoms with E-state index in [4.69, 9.17) is 0 Å². The molecule has 1 aliphatic rings. The lowest BCUT2D eigenvalue weighted by molar-refractivity contribution is -0.132. The topological polar surface area (TPSA) is 23.6 Å². The number of amides is 1. The van der Waals surface area contributed by atoms with Crippen LogP contribution in [-0.2, 0) is 4.79 Å². The number of piperazine rings is 1. The molecule has 1 unspecified atom stereocenters. The second-order valence-electron chi connectivity index (χ2n) is 3.14. The lowest BCUT2D eigenvalue weighted by atomic mass is 10.2. The summed E-state index contributed by atoms with van der Waals surface area (Å²) in [5.41, 5.74) is 0.